The summed E-state index contributed by atoms with van der Waals surface area (Å²) in [5.74, 6) is 2.05. The van der Waals surface area contributed by atoms with Crippen molar-refractivity contribution in [1.29, 1.82) is 0 Å². The van der Waals surface area contributed by atoms with Gasteiger partial charge in [-0.15, -0.1) is 0 Å². The molecule has 2 nitrogen and oxygen atoms in total. The zero-order chi connectivity index (χ0) is 12.3. The monoisotopic (exact) mass is 295 g/mol. The molecule has 2 rings (SSSR count). The molecule has 1 aromatic rings. The second kappa shape index (κ2) is 5.67. The van der Waals surface area contributed by atoms with Crippen LogP contribution < -0.4 is 4.74 Å². The number of halogens is 1. The molecule has 92 valence electrons. The molecule has 0 fully saturated rings. The van der Waals surface area contributed by atoms with Gasteiger partial charge in [-0.05, 0) is 53.6 Å². The van der Waals surface area contributed by atoms with Crippen molar-refractivity contribution < 1.29 is 4.74 Å². The first kappa shape index (κ1) is 12.6. The lowest BCUT2D eigenvalue weighted by Gasteiger charge is -2.24. The van der Waals surface area contributed by atoms with Crippen LogP contribution in [0.4, 0.5) is 0 Å². The van der Waals surface area contributed by atoms with Gasteiger partial charge >= 0.3 is 0 Å². The quantitative estimate of drug-likeness (QED) is 0.782. The SMILES string of the molecule is Cc1nc(OCC2CC=CCC2C)ccc1Br. The number of allylic oxidation sites excluding steroid dienone is 2. The number of ether oxygens (including phenoxy) is 1. The summed E-state index contributed by atoms with van der Waals surface area (Å²) in [6.45, 7) is 5.03. The average molecular weight is 296 g/mol. The summed E-state index contributed by atoms with van der Waals surface area (Å²) < 4.78 is 6.81. The van der Waals surface area contributed by atoms with Crippen molar-refractivity contribution in [2.24, 2.45) is 11.8 Å². The van der Waals surface area contributed by atoms with Crippen LogP contribution in [-0.4, -0.2) is 11.6 Å². The third kappa shape index (κ3) is 3.32. The Morgan fingerprint density at radius 2 is 2.12 bits per heavy atom. The molecule has 1 aromatic heterocycles. The molecule has 0 aromatic carbocycles. The predicted octanol–water partition coefficient (Wildman–Crippen LogP) is 4.13. The molecule has 0 saturated carbocycles. The molecule has 3 heteroatoms. The molecule has 1 aliphatic carbocycles. The van der Waals surface area contributed by atoms with Crippen molar-refractivity contribution in [2.45, 2.75) is 26.7 Å². The minimum atomic E-state index is 0.616. The van der Waals surface area contributed by atoms with E-state index in [1.165, 1.54) is 6.42 Å². The molecule has 0 aliphatic heterocycles. The first-order chi connectivity index (χ1) is 8.16. The number of aromatic nitrogens is 1. The molecule has 2 unspecified atom stereocenters. The Kier molecular flexibility index (Phi) is 4.21. The van der Waals surface area contributed by atoms with Gasteiger partial charge in [0, 0.05) is 10.5 Å². The zero-order valence-corrected chi connectivity index (χ0v) is 11.9. The van der Waals surface area contributed by atoms with E-state index in [1.54, 1.807) is 0 Å². The second-order valence-electron chi connectivity index (χ2n) is 4.71. The Morgan fingerprint density at radius 3 is 2.82 bits per heavy atom. The summed E-state index contributed by atoms with van der Waals surface area (Å²) in [5.41, 5.74) is 0.971. The number of nitrogens with zero attached hydrogens (tertiary/aromatic N) is 1. The van der Waals surface area contributed by atoms with Crippen LogP contribution in [0.5, 0.6) is 5.88 Å². The predicted molar refractivity (Wildman–Crippen MR) is 73.2 cm³/mol. The van der Waals surface area contributed by atoms with E-state index in [1.807, 2.05) is 19.1 Å². The van der Waals surface area contributed by atoms with Crippen LogP contribution >= 0.6 is 15.9 Å². The Bertz CT molecular complexity index is 417. The Morgan fingerprint density at radius 1 is 1.35 bits per heavy atom. The summed E-state index contributed by atoms with van der Waals surface area (Å²) in [6, 6.07) is 3.91. The number of aryl methyl sites for hydroxylation is 1. The molecular formula is C14H18BrNO. The first-order valence-corrected chi connectivity index (χ1v) is 6.87. The van der Waals surface area contributed by atoms with E-state index in [0.29, 0.717) is 11.8 Å². The van der Waals surface area contributed by atoms with Crippen LogP contribution in [0.1, 0.15) is 25.5 Å². The van der Waals surface area contributed by atoms with Gasteiger partial charge in [-0.25, -0.2) is 4.98 Å². The van der Waals surface area contributed by atoms with Crippen LogP contribution in [0.15, 0.2) is 28.8 Å². The summed E-state index contributed by atoms with van der Waals surface area (Å²) in [7, 11) is 0. The van der Waals surface area contributed by atoms with Crippen molar-refractivity contribution in [2.75, 3.05) is 6.61 Å². The lowest BCUT2D eigenvalue weighted by molar-refractivity contribution is 0.192. The fraction of sp³-hybridized carbons (Fsp3) is 0.500. The van der Waals surface area contributed by atoms with Crippen LogP contribution in [0, 0.1) is 18.8 Å². The van der Waals surface area contributed by atoms with E-state index in [9.17, 15) is 0 Å². The van der Waals surface area contributed by atoms with E-state index in [2.05, 4.69) is 40.0 Å². The molecule has 0 saturated heterocycles. The van der Waals surface area contributed by atoms with E-state index < -0.39 is 0 Å². The molecule has 2 atom stereocenters. The van der Waals surface area contributed by atoms with Gasteiger partial charge in [0.15, 0.2) is 0 Å². The average Bonchev–Trinajstić information content (AvgIpc) is 2.32. The molecular weight excluding hydrogens is 278 g/mol. The molecule has 1 aliphatic rings. The highest BCUT2D eigenvalue weighted by Gasteiger charge is 2.19. The lowest BCUT2D eigenvalue weighted by Crippen LogP contribution is -2.21. The van der Waals surface area contributed by atoms with Gasteiger partial charge in [0.25, 0.3) is 0 Å². The molecule has 1 heterocycles. The molecule has 0 amide bonds. The van der Waals surface area contributed by atoms with Crippen molar-refractivity contribution in [1.82, 2.24) is 4.98 Å². The van der Waals surface area contributed by atoms with Crippen LogP contribution in [0.25, 0.3) is 0 Å². The zero-order valence-electron chi connectivity index (χ0n) is 10.3. The normalized spacial score (nSPS) is 23.7. The highest BCUT2D eigenvalue weighted by Crippen LogP contribution is 2.26. The van der Waals surface area contributed by atoms with E-state index >= 15 is 0 Å². The largest absolute Gasteiger partial charge is 0.477 e. The fourth-order valence-electron chi connectivity index (χ4n) is 2.03. The van der Waals surface area contributed by atoms with Crippen molar-refractivity contribution in [3.8, 4) is 5.88 Å². The second-order valence-corrected chi connectivity index (χ2v) is 5.56. The number of hydrogen-bond donors (Lipinski definition) is 0. The number of pyridine rings is 1. The number of hydrogen-bond acceptors (Lipinski definition) is 2. The number of rotatable bonds is 3. The van der Waals surface area contributed by atoms with E-state index in [4.69, 9.17) is 4.74 Å². The third-order valence-electron chi connectivity index (χ3n) is 3.36. The Hall–Kier alpha value is -0.830. The van der Waals surface area contributed by atoms with Gasteiger partial charge in [0.2, 0.25) is 5.88 Å². The van der Waals surface area contributed by atoms with Crippen LogP contribution in [0.3, 0.4) is 0 Å². The van der Waals surface area contributed by atoms with Crippen molar-refractivity contribution >= 4 is 15.9 Å². The Labute approximate surface area is 111 Å². The summed E-state index contributed by atoms with van der Waals surface area (Å²) >= 11 is 3.44. The van der Waals surface area contributed by atoms with E-state index in [-0.39, 0.29) is 0 Å². The van der Waals surface area contributed by atoms with Gasteiger partial charge in [-0.2, -0.15) is 0 Å². The van der Waals surface area contributed by atoms with Crippen LogP contribution in [-0.2, 0) is 0 Å². The Balaban J connectivity index is 1.93. The van der Waals surface area contributed by atoms with Gasteiger partial charge in [-0.3, -0.25) is 0 Å². The lowest BCUT2D eigenvalue weighted by atomic mass is 9.85. The molecule has 17 heavy (non-hydrogen) atoms. The molecule has 0 bridgehead atoms. The molecule has 0 N–H and O–H groups in total. The maximum absolute atomic E-state index is 5.79. The minimum Gasteiger partial charge on any atom is -0.477 e. The molecule has 0 radical (unpaired) electrons. The van der Waals surface area contributed by atoms with Gasteiger partial charge in [-0.1, -0.05) is 19.1 Å². The summed E-state index contributed by atoms with van der Waals surface area (Å²) in [6.07, 6.45) is 6.81. The fourth-order valence-corrected chi connectivity index (χ4v) is 2.25. The maximum atomic E-state index is 5.79. The standard InChI is InChI=1S/C14H18BrNO/c1-10-5-3-4-6-12(10)9-17-14-8-7-13(15)11(2)16-14/h3-4,7-8,10,12H,5-6,9H2,1-2H3. The van der Waals surface area contributed by atoms with Gasteiger partial charge in [0.1, 0.15) is 0 Å². The minimum absolute atomic E-state index is 0.616. The van der Waals surface area contributed by atoms with Crippen molar-refractivity contribution in [3.05, 3.63) is 34.5 Å². The molecule has 0 spiro atoms. The topological polar surface area (TPSA) is 22.1 Å². The van der Waals surface area contributed by atoms with E-state index in [0.717, 1.165) is 29.1 Å². The summed E-state index contributed by atoms with van der Waals surface area (Å²) in [4.78, 5) is 4.40. The van der Waals surface area contributed by atoms with Crippen LogP contribution in [0.2, 0.25) is 0 Å². The van der Waals surface area contributed by atoms with Gasteiger partial charge in [0.05, 0.1) is 12.3 Å². The smallest absolute Gasteiger partial charge is 0.213 e. The van der Waals surface area contributed by atoms with Crippen molar-refractivity contribution in [3.63, 3.8) is 0 Å². The first-order valence-electron chi connectivity index (χ1n) is 6.07. The van der Waals surface area contributed by atoms with Gasteiger partial charge < -0.3 is 4.74 Å². The highest BCUT2D eigenvalue weighted by molar-refractivity contribution is 9.10. The highest BCUT2D eigenvalue weighted by atomic mass is 79.9. The maximum Gasteiger partial charge on any atom is 0.213 e. The third-order valence-corrected chi connectivity index (χ3v) is 4.20. The summed E-state index contributed by atoms with van der Waals surface area (Å²) in [5, 5.41) is 0.